The van der Waals surface area contributed by atoms with Gasteiger partial charge in [0.1, 0.15) is 0 Å². The van der Waals surface area contributed by atoms with Crippen molar-refractivity contribution in [2.24, 2.45) is 0 Å². The third kappa shape index (κ3) is 2.69. The van der Waals surface area contributed by atoms with E-state index in [-0.39, 0.29) is 0 Å². The minimum absolute atomic E-state index is 0.625. The first-order chi connectivity index (χ1) is 7.38. The van der Waals surface area contributed by atoms with Crippen LogP contribution in [0, 0.1) is 18.3 Å². The van der Waals surface area contributed by atoms with Gasteiger partial charge in [0.05, 0.1) is 22.1 Å². The van der Waals surface area contributed by atoms with Crippen molar-refractivity contribution >= 4 is 10.8 Å². The van der Waals surface area contributed by atoms with Crippen LogP contribution in [0.15, 0.2) is 29.2 Å². The second-order valence-corrected chi connectivity index (χ2v) is 5.79. The molecule has 1 N–H and O–H groups in total. The lowest BCUT2D eigenvalue weighted by atomic mass is 10.1. The molecule has 3 atom stereocenters. The van der Waals surface area contributed by atoms with E-state index < -0.39 is 21.7 Å². The highest BCUT2D eigenvalue weighted by molar-refractivity contribution is 7.85. The first kappa shape index (κ1) is 12.9. The zero-order valence-electron chi connectivity index (χ0n) is 9.60. The van der Waals surface area contributed by atoms with Gasteiger partial charge in [-0.3, -0.25) is 4.21 Å². The average molecular weight is 237 g/mol. The first-order valence-corrected chi connectivity index (χ1v) is 6.20. The highest BCUT2D eigenvalue weighted by Crippen LogP contribution is 2.20. The Morgan fingerprint density at radius 2 is 1.94 bits per heavy atom. The highest BCUT2D eigenvalue weighted by atomic mass is 32.2. The number of aliphatic hydroxyl groups is 1. The Hall–Kier alpha value is -1.18. The second-order valence-electron chi connectivity index (χ2n) is 4.01. The van der Waals surface area contributed by atoms with Crippen LogP contribution in [0.1, 0.15) is 19.4 Å². The summed E-state index contributed by atoms with van der Waals surface area (Å²) in [6.45, 7) is 4.94. The SMILES string of the molecule is Cc1ccc([S@](=O)[C@H](C)[C@@](C)(O)C#N)cc1. The fraction of sp³-hybridized carbons (Fsp3) is 0.417. The molecule has 0 bridgehead atoms. The molecule has 0 radical (unpaired) electrons. The lowest BCUT2D eigenvalue weighted by molar-refractivity contribution is 0.120. The number of nitriles is 1. The van der Waals surface area contributed by atoms with Crippen molar-refractivity contribution in [1.82, 2.24) is 0 Å². The van der Waals surface area contributed by atoms with Crippen LogP contribution in [0.2, 0.25) is 0 Å². The van der Waals surface area contributed by atoms with Gasteiger partial charge in [-0.25, -0.2) is 0 Å². The normalized spacial score (nSPS) is 18.2. The molecule has 3 nitrogen and oxygen atoms in total. The molecule has 0 aliphatic rings. The zero-order valence-corrected chi connectivity index (χ0v) is 10.4. The molecule has 0 amide bonds. The van der Waals surface area contributed by atoms with E-state index in [0.29, 0.717) is 4.90 Å². The van der Waals surface area contributed by atoms with Crippen molar-refractivity contribution in [1.29, 1.82) is 5.26 Å². The number of hydrogen-bond donors (Lipinski definition) is 1. The van der Waals surface area contributed by atoms with E-state index in [1.807, 2.05) is 19.1 Å². The summed E-state index contributed by atoms with van der Waals surface area (Å²) in [4.78, 5) is 0.633. The highest BCUT2D eigenvalue weighted by Gasteiger charge is 2.33. The summed E-state index contributed by atoms with van der Waals surface area (Å²) >= 11 is 0. The molecule has 0 aromatic heterocycles. The topological polar surface area (TPSA) is 61.1 Å². The molecule has 1 aromatic rings. The maximum absolute atomic E-state index is 12.1. The molecular formula is C12H15NO2S. The van der Waals surface area contributed by atoms with E-state index in [0.717, 1.165) is 5.56 Å². The molecule has 0 spiro atoms. The van der Waals surface area contributed by atoms with Gasteiger partial charge in [0.25, 0.3) is 0 Å². The quantitative estimate of drug-likeness (QED) is 0.815. The van der Waals surface area contributed by atoms with Crippen molar-refractivity contribution in [2.45, 2.75) is 36.5 Å². The number of rotatable bonds is 3. The van der Waals surface area contributed by atoms with Crippen LogP contribution in [-0.2, 0) is 10.8 Å². The molecule has 1 aromatic carbocycles. The Labute approximate surface area is 98.2 Å². The Morgan fingerprint density at radius 1 is 1.44 bits per heavy atom. The predicted octanol–water partition coefficient (Wildman–Crippen LogP) is 1.77. The maximum atomic E-state index is 12.1. The molecule has 1 rings (SSSR count). The van der Waals surface area contributed by atoms with Crippen LogP contribution >= 0.6 is 0 Å². The van der Waals surface area contributed by atoms with Crippen LogP contribution in [0.4, 0.5) is 0 Å². The Morgan fingerprint density at radius 3 is 2.38 bits per heavy atom. The van der Waals surface area contributed by atoms with E-state index in [1.165, 1.54) is 6.92 Å². The number of aryl methyl sites for hydroxylation is 1. The van der Waals surface area contributed by atoms with Crippen LogP contribution < -0.4 is 0 Å². The zero-order chi connectivity index (χ0) is 12.3. The van der Waals surface area contributed by atoms with Crippen LogP contribution in [0.25, 0.3) is 0 Å². The Balaban J connectivity index is 2.96. The molecule has 0 saturated carbocycles. The van der Waals surface area contributed by atoms with Crippen LogP contribution in [0.3, 0.4) is 0 Å². The summed E-state index contributed by atoms with van der Waals surface area (Å²) in [5.41, 5.74) is -0.490. The number of nitrogens with zero attached hydrogens (tertiary/aromatic N) is 1. The molecule has 4 heteroatoms. The van der Waals surface area contributed by atoms with Crippen LogP contribution in [-0.4, -0.2) is 20.2 Å². The number of hydrogen-bond acceptors (Lipinski definition) is 3. The van der Waals surface area contributed by atoms with E-state index in [2.05, 4.69) is 0 Å². The van der Waals surface area contributed by atoms with Crippen molar-refractivity contribution in [3.8, 4) is 6.07 Å². The van der Waals surface area contributed by atoms with E-state index in [9.17, 15) is 9.32 Å². The van der Waals surface area contributed by atoms with E-state index >= 15 is 0 Å². The summed E-state index contributed by atoms with van der Waals surface area (Å²) in [6, 6.07) is 9.01. The summed E-state index contributed by atoms with van der Waals surface area (Å²) in [7, 11) is -1.38. The summed E-state index contributed by atoms with van der Waals surface area (Å²) in [6.07, 6.45) is 0. The molecular weight excluding hydrogens is 222 g/mol. The van der Waals surface area contributed by atoms with Crippen molar-refractivity contribution in [2.75, 3.05) is 0 Å². The largest absolute Gasteiger partial charge is 0.374 e. The lowest BCUT2D eigenvalue weighted by Gasteiger charge is -2.22. The molecule has 86 valence electrons. The van der Waals surface area contributed by atoms with Crippen molar-refractivity contribution in [3.05, 3.63) is 29.8 Å². The minimum Gasteiger partial charge on any atom is -0.374 e. The summed E-state index contributed by atoms with van der Waals surface area (Å²) in [5, 5.41) is 17.9. The average Bonchev–Trinajstić information content (AvgIpc) is 2.28. The molecule has 0 unspecified atom stereocenters. The van der Waals surface area contributed by atoms with E-state index in [1.54, 1.807) is 25.1 Å². The smallest absolute Gasteiger partial charge is 0.162 e. The molecule has 0 fully saturated rings. The molecule has 0 heterocycles. The van der Waals surface area contributed by atoms with Gasteiger partial charge in [0.15, 0.2) is 5.60 Å². The lowest BCUT2D eigenvalue weighted by Crippen LogP contribution is -2.38. The third-order valence-electron chi connectivity index (χ3n) is 2.59. The Kier molecular flexibility index (Phi) is 3.84. The standard InChI is InChI=1S/C12H15NO2S/c1-9-4-6-11(7-5-9)16(15)10(2)12(3,14)8-13/h4-7,10,14H,1-3H3/t10-,12+,16-/m1/s1. The van der Waals surface area contributed by atoms with Gasteiger partial charge in [0, 0.05) is 4.90 Å². The summed E-state index contributed by atoms with van der Waals surface area (Å²) in [5.74, 6) is 0. The van der Waals surface area contributed by atoms with Gasteiger partial charge in [-0.1, -0.05) is 17.7 Å². The predicted molar refractivity (Wildman–Crippen MR) is 63.3 cm³/mol. The fourth-order valence-corrected chi connectivity index (χ4v) is 2.46. The van der Waals surface area contributed by atoms with Gasteiger partial charge in [-0.2, -0.15) is 5.26 Å². The van der Waals surface area contributed by atoms with Gasteiger partial charge in [0.2, 0.25) is 0 Å². The van der Waals surface area contributed by atoms with Gasteiger partial charge >= 0.3 is 0 Å². The molecule has 0 aliphatic carbocycles. The summed E-state index contributed by atoms with van der Waals surface area (Å²) < 4.78 is 12.1. The first-order valence-electron chi connectivity index (χ1n) is 4.99. The van der Waals surface area contributed by atoms with Gasteiger partial charge < -0.3 is 5.11 Å². The third-order valence-corrected chi connectivity index (χ3v) is 4.43. The Bertz CT molecular complexity index is 431. The maximum Gasteiger partial charge on any atom is 0.162 e. The fourth-order valence-electron chi connectivity index (χ4n) is 1.18. The van der Waals surface area contributed by atoms with Gasteiger partial charge in [-0.05, 0) is 32.9 Å². The number of benzene rings is 1. The molecule has 16 heavy (non-hydrogen) atoms. The van der Waals surface area contributed by atoms with Crippen molar-refractivity contribution in [3.63, 3.8) is 0 Å². The monoisotopic (exact) mass is 237 g/mol. The molecule has 0 saturated heterocycles. The van der Waals surface area contributed by atoms with Crippen molar-refractivity contribution < 1.29 is 9.32 Å². The second kappa shape index (κ2) is 4.77. The molecule has 0 aliphatic heterocycles. The minimum atomic E-state index is -1.57. The van der Waals surface area contributed by atoms with Gasteiger partial charge in [-0.15, -0.1) is 0 Å². The van der Waals surface area contributed by atoms with E-state index in [4.69, 9.17) is 5.26 Å². The van der Waals surface area contributed by atoms with Crippen LogP contribution in [0.5, 0.6) is 0 Å².